The number of para-hydroxylation sites is 1. The molecule has 0 aliphatic carbocycles. The summed E-state index contributed by atoms with van der Waals surface area (Å²) < 4.78 is 5.09. The van der Waals surface area contributed by atoms with Crippen molar-refractivity contribution in [2.75, 3.05) is 7.11 Å². The van der Waals surface area contributed by atoms with E-state index in [-0.39, 0.29) is 16.9 Å². The van der Waals surface area contributed by atoms with Crippen LogP contribution in [0.25, 0.3) is 0 Å². The minimum absolute atomic E-state index is 0.0395. The Kier molecular flexibility index (Phi) is 4.54. The molecule has 0 bridgehead atoms. The van der Waals surface area contributed by atoms with Crippen LogP contribution in [0.2, 0.25) is 0 Å². The molecular formula is C17H13NO4. The van der Waals surface area contributed by atoms with Gasteiger partial charge in [0, 0.05) is 0 Å². The maximum Gasteiger partial charge on any atom is 0.174 e. The van der Waals surface area contributed by atoms with Crippen LogP contribution in [0.1, 0.15) is 32.7 Å². The molecule has 110 valence electrons. The van der Waals surface area contributed by atoms with Crippen molar-refractivity contribution in [1.29, 1.82) is 5.26 Å². The van der Waals surface area contributed by atoms with E-state index in [1.54, 1.807) is 24.3 Å². The number of methoxy groups -OCH3 is 1. The number of carbonyl (C=O) groups excluding carboxylic acids is 2. The number of phenolic OH excluding ortho intramolecular Hbond substituents is 1. The van der Waals surface area contributed by atoms with Crippen LogP contribution in [0.4, 0.5) is 0 Å². The Morgan fingerprint density at radius 2 is 1.82 bits per heavy atom. The molecule has 1 N–H and O–H groups in total. The highest BCUT2D eigenvalue weighted by molar-refractivity contribution is 6.15. The fourth-order valence-corrected chi connectivity index (χ4v) is 2.04. The molecular weight excluding hydrogens is 282 g/mol. The standard InChI is InChI=1S/C17H13NO4/c1-22-17-5-3-2-4-12(17)15(20)9-16(21)13-8-11(10-18)6-7-14(13)19/h2-8,19H,9H2,1H3. The van der Waals surface area contributed by atoms with Crippen molar-refractivity contribution >= 4 is 11.6 Å². The quantitative estimate of drug-likeness (QED) is 0.677. The summed E-state index contributed by atoms with van der Waals surface area (Å²) in [5, 5.41) is 18.6. The minimum Gasteiger partial charge on any atom is -0.507 e. The highest BCUT2D eigenvalue weighted by atomic mass is 16.5. The molecule has 0 saturated carbocycles. The maximum absolute atomic E-state index is 12.2. The number of hydrogen-bond donors (Lipinski definition) is 1. The van der Waals surface area contributed by atoms with E-state index in [0.717, 1.165) is 0 Å². The van der Waals surface area contributed by atoms with Gasteiger partial charge < -0.3 is 9.84 Å². The van der Waals surface area contributed by atoms with Crippen molar-refractivity contribution in [2.24, 2.45) is 0 Å². The smallest absolute Gasteiger partial charge is 0.174 e. The molecule has 0 saturated heterocycles. The number of carbonyl (C=O) groups is 2. The molecule has 0 radical (unpaired) electrons. The minimum atomic E-state index is -0.550. The number of ketones is 2. The van der Waals surface area contributed by atoms with Gasteiger partial charge in [-0.3, -0.25) is 9.59 Å². The largest absolute Gasteiger partial charge is 0.507 e. The summed E-state index contributed by atoms with van der Waals surface area (Å²) in [7, 11) is 1.44. The summed E-state index contributed by atoms with van der Waals surface area (Å²) >= 11 is 0. The van der Waals surface area contributed by atoms with Crippen LogP contribution in [0.3, 0.4) is 0 Å². The van der Waals surface area contributed by atoms with Gasteiger partial charge in [-0.2, -0.15) is 5.26 Å². The number of ether oxygens (including phenoxy) is 1. The number of nitriles is 1. The van der Waals surface area contributed by atoms with E-state index in [1.807, 2.05) is 6.07 Å². The molecule has 0 amide bonds. The first-order valence-corrected chi connectivity index (χ1v) is 6.49. The predicted octanol–water partition coefficient (Wildman–Crippen LogP) is 2.73. The average molecular weight is 295 g/mol. The summed E-state index contributed by atoms with van der Waals surface area (Å²) in [5.41, 5.74) is 0.502. The molecule has 0 heterocycles. The lowest BCUT2D eigenvalue weighted by Crippen LogP contribution is -2.10. The van der Waals surface area contributed by atoms with Crippen LogP contribution in [0, 0.1) is 11.3 Å². The van der Waals surface area contributed by atoms with Crippen molar-refractivity contribution in [1.82, 2.24) is 0 Å². The zero-order chi connectivity index (χ0) is 16.1. The van der Waals surface area contributed by atoms with Gasteiger partial charge in [0.15, 0.2) is 11.6 Å². The topological polar surface area (TPSA) is 87.4 Å². The summed E-state index contributed by atoms with van der Waals surface area (Å²) in [6, 6.07) is 12.4. The van der Waals surface area contributed by atoms with Crippen LogP contribution >= 0.6 is 0 Å². The number of benzene rings is 2. The molecule has 5 nitrogen and oxygen atoms in total. The van der Waals surface area contributed by atoms with Crippen molar-refractivity contribution < 1.29 is 19.4 Å². The van der Waals surface area contributed by atoms with Crippen LogP contribution in [-0.2, 0) is 0 Å². The van der Waals surface area contributed by atoms with Gasteiger partial charge in [0.2, 0.25) is 0 Å². The van der Waals surface area contributed by atoms with Gasteiger partial charge in [-0.15, -0.1) is 0 Å². The second-order valence-electron chi connectivity index (χ2n) is 4.57. The Bertz CT molecular complexity index is 774. The monoisotopic (exact) mass is 295 g/mol. The third kappa shape index (κ3) is 3.13. The van der Waals surface area contributed by atoms with Gasteiger partial charge in [-0.1, -0.05) is 12.1 Å². The van der Waals surface area contributed by atoms with E-state index < -0.39 is 18.0 Å². The third-order valence-electron chi connectivity index (χ3n) is 3.15. The summed E-state index contributed by atoms with van der Waals surface area (Å²) in [5.74, 6) is -0.832. The van der Waals surface area contributed by atoms with Crippen molar-refractivity contribution in [3.05, 3.63) is 59.2 Å². The zero-order valence-corrected chi connectivity index (χ0v) is 11.9. The lowest BCUT2D eigenvalue weighted by atomic mass is 9.99. The second kappa shape index (κ2) is 6.55. The molecule has 0 aliphatic heterocycles. The maximum atomic E-state index is 12.2. The van der Waals surface area contributed by atoms with E-state index in [1.165, 1.54) is 25.3 Å². The predicted molar refractivity (Wildman–Crippen MR) is 79.1 cm³/mol. The summed E-state index contributed by atoms with van der Waals surface area (Å²) in [4.78, 5) is 24.4. The van der Waals surface area contributed by atoms with E-state index in [2.05, 4.69) is 0 Å². The zero-order valence-electron chi connectivity index (χ0n) is 11.9. The molecule has 0 unspecified atom stereocenters. The molecule has 0 spiro atoms. The number of hydrogen-bond acceptors (Lipinski definition) is 5. The molecule has 0 fully saturated rings. The van der Waals surface area contributed by atoms with E-state index in [0.29, 0.717) is 11.3 Å². The number of Topliss-reactive ketones (excluding diaryl/α,β-unsaturated/α-hetero) is 2. The third-order valence-corrected chi connectivity index (χ3v) is 3.15. The number of nitrogens with zero attached hydrogens (tertiary/aromatic N) is 1. The molecule has 0 aromatic heterocycles. The summed E-state index contributed by atoms with van der Waals surface area (Å²) in [6.45, 7) is 0. The normalized spacial score (nSPS) is 9.82. The van der Waals surface area contributed by atoms with E-state index in [9.17, 15) is 14.7 Å². The molecule has 0 aliphatic rings. The number of phenols is 1. The van der Waals surface area contributed by atoms with Crippen LogP contribution < -0.4 is 4.74 Å². The lowest BCUT2D eigenvalue weighted by molar-refractivity contribution is 0.0891. The van der Waals surface area contributed by atoms with E-state index in [4.69, 9.17) is 10.00 Å². The molecule has 0 atom stereocenters. The molecule has 2 rings (SSSR count). The average Bonchev–Trinajstić information content (AvgIpc) is 2.55. The Labute approximate surface area is 127 Å². The highest BCUT2D eigenvalue weighted by Gasteiger charge is 2.19. The van der Waals surface area contributed by atoms with Crippen LogP contribution in [0.5, 0.6) is 11.5 Å². The number of rotatable bonds is 5. The first kappa shape index (κ1) is 15.3. The van der Waals surface area contributed by atoms with Crippen LogP contribution in [-0.4, -0.2) is 23.8 Å². The number of aromatic hydroxyl groups is 1. The van der Waals surface area contributed by atoms with E-state index >= 15 is 0 Å². The van der Waals surface area contributed by atoms with Gasteiger partial charge in [0.1, 0.15) is 11.5 Å². The second-order valence-corrected chi connectivity index (χ2v) is 4.57. The van der Waals surface area contributed by atoms with Crippen molar-refractivity contribution in [2.45, 2.75) is 6.42 Å². The van der Waals surface area contributed by atoms with Gasteiger partial charge >= 0.3 is 0 Å². The Morgan fingerprint density at radius 3 is 2.50 bits per heavy atom. The fraction of sp³-hybridized carbons (Fsp3) is 0.118. The van der Waals surface area contributed by atoms with Gasteiger partial charge in [-0.25, -0.2) is 0 Å². The van der Waals surface area contributed by atoms with Crippen molar-refractivity contribution in [3.63, 3.8) is 0 Å². The summed E-state index contributed by atoms with van der Waals surface area (Å²) in [6.07, 6.45) is -0.414. The van der Waals surface area contributed by atoms with Gasteiger partial charge in [0.05, 0.1) is 36.3 Å². The van der Waals surface area contributed by atoms with Gasteiger partial charge in [0.25, 0.3) is 0 Å². The molecule has 2 aromatic rings. The molecule has 22 heavy (non-hydrogen) atoms. The van der Waals surface area contributed by atoms with Gasteiger partial charge in [-0.05, 0) is 30.3 Å². The van der Waals surface area contributed by atoms with Crippen molar-refractivity contribution in [3.8, 4) is 17.6 Å². The molecule has 2 aromatic carbocycles. The SMILES string of the molecule is COc1ccccc1C(=O)CC(=O)c1cc(C#N)ccc1O. The first-order chi connectivity index (χ1) is 10.6. The fourth-order valence-electron chi connectivity index (χ4n) is 2.04. The Morgan fingerprint density at radius 1 is 1.14 bits per heavy atom. The Hall–Kier alpha value is -3.13. The molecule has 5 heteroatoms. The lowest BCUT2D eigenvalue weighted by Gasteiger charge is -2.07. The van der Waals surface area contributed by atoms with Crippen LogP contribution in [0.15, 0.2) is 42.5 Å². The Balaban J connectivity index is 2.26. The highest BCUT2D eigenvalue weighted by Crippen LogP contribution is 2.23. The first-order valence-electron chi connectivity index (χ1n) is 6.49.